The van der Waals surface area contributed by atoms with Gasteiger partial charge in [0, 0.05) is 6.04 Å². The Morgan fingerprint density at radius 1 is 1.47 bits per heavy atom. The van der Waals surface area contributed by atoms with Gasteiger partial charge < -0.3 is 5.32 Å². The fourth-order valence-corrected chi connectivity index (χ4v) is 1.57. The maximum atomic E-state index is 13.1. The van der Waals surface area contributed by atoms with Gasteiger partial charge in [0.15, 0.2) is 0 Å². The normalized spacial score (nSPS) is 12.8. The molecular weight excluding hydrogens is 213 g/mol. The lowest BCUT2D eigenvalue weighted by Crippen LogP contribution is -2.20. The first-order valence-corrected chi connectivity index (χ1v) is 5.62. The van der Waals surface area contributed by atoms with Crippen molar-refractivity contribution in [2.24, 2.45) is 0 Å². The molecule has 1 unspecified atom stereocenters. The minimum atomic E-state index is -0.323. The largest absolute Gasteiger partial charge is 0.317 e. The maximum Gasteiger partial charge on any atom is 0.142 e. The van der Waals surface area contributed by atoms with Crippen LogP contribution in [0.5, 0.6) is 0 Å². The predicted molar refractivity (Wildman–Crippen MR) is 62.9 cm³/mol. The molecule has 1 N–H and O–H groups in total. The third kappa shape index (κ3) is 4.18. The van der Waals surface area contributed by atoms with Crippen LogP contribution in [0.4, 0.5) is 4.39 Å². The number of aryl methyl sites for hydroxylation is 1. The first kappa shape index (κ1) is 12.5. The van der Waals surface area contributed by atoms with Crippen molar-refractivity contribution in [3.8, 4) is 0 Å². The summed E-state index contributed by atoms with van der Waals surface area (Å²) in [7, 11) is 1.95. The van der Waals surface area contributed by atoms with Crippen molar-refractivity contribution in [1.82, 2.24) is 5.32 Å². The lowest BCUT2D eigenvalue weighted by Gasteiger charge is -2.09. The van der Waals surface area contributed by atoms with Crippen LogP contribution in [-0.4, -0.2) is 13.1 Å². The van der Waals surface area contributed by atoms with Crippen LogP contribution in [0.25, 0.3) is 0 Å². The molecule has 0 aliphatic carbocycles. The zero-order valence-electron chi connectivity index (χ0n) is 9.19. The molecule has 0 aliphatic rings. The first-order chi connectivity index (χ1) is 7.13. The van der Waals surface area contributed by atoms with Gasteiger partial charge in [0.05, 0.1) is 5.02 Å². The zero-order valence-corrected chi connectivity index (χ0v) is 9.94. The van der Waals surface area contributed by atoms with Gasteiger partial charge in [-0.1, -0.05) is 17.7 Å². The van der Waals surface area contributed by atoms with E-state index in [2.05, 4.69) is 12.2 Å². The van der Waals surface area contributed by atoms with Gasteiger partial charge in [0.1, 0.15) is 5.82 Å². The summed E-state index contributed by atoms with van der Waals surface area (Å²) in [6.45, 7) is 2.14. The highest BCUT2D eigenvalue weighted by molar-refractivity contribution is 6.30. The molecule has 1 nitrogen and oxygen atoms in total. The molecule has 0 radical (unpaired) electrons. The van der Waals surface area contributed by atoms with E-state index in [1.54, 1.807) is 6.07 Å². The van der Waals surface area contributed by atoms with Gasteiger partial charge in [0.2, 0.25) is 0 Å². The van der Waals surface area contributed by atoms with Crippen molar-refractivity contribution < 1.29 is 4.39 Å². The molecule has 1 atom stereocenters. The van der Waals surface area contributed by atoms with Gasteiger partial charge in [-0.3, -0.25) is 0 Å². The second kappa shape index (κ2) is 6.09. The molecule has 0 aliphatic heterocycles. The van der Waals surface area contributed by atoms with Gasteiger partial charge in [0.25, 0.3) is 0 Å². The van der Waals surface area contributed by atoms with E-state index in [-0.39, 0.29) is 10.8 Å². The van der Waals surface area contributed by atoms with Crippen LogP contribution in [0.2, 0.25) is 5.02 Å². The fourth-order valence-electron chi connectivity index (χ4n) is 1.45. The van der Waals surface area contributed by atoms with E-state index in [1.165, 1.54) is 6.07 Å². The Labute approximate surface area is 95.6 Å². The molecule has 3 heteroatoms. The van der Waals surface area contributed by atoms with Gasteiger partial charge in [-0.15, -0.1) is 0 Å². The van der Waals surface area contributed by atoms with Crippen LogP contribution in [0.15, 0.2) is 18.2 Å². The van der Waals surface area contributed by atoms with Crippen molar-refractivity contribution in [3.05, 3.63) is 34.6 Å². The van der Waals surface area contributed by atoms with E-state index < -0.39 is 0 Å². The second-order valence-electron chi connectivity index (χ2n) is 3.83. The molecule has 0 heterocycles. The molecule has 0 bridgehead atoms. The summed E-state index contributed by atoms with van der Waals surface area (Å²) < 4.78 is 13.1. The summed E-state index contributed by atoms with van der Waals surface area (Å²) in [4.78, 5) is 0. The molecule has 15 heavy (non-hydrogen) atoms. The molecule has 0 saturated heterocycles. The minimum absolute atomic E-state index is 0.197. The summed E-state index contributed by atoms with van der Waals surface area (Å²) >= 11 is 5.60. The molecule has 0 amide bonds. The maximum absolute atomic E-state index is 13.1. The fraction of sp³-hybridized carbons (Fsp3) is 0.500. The number of rotatable bonds is 5. The lowest BCUT2D eigenvalue weighted by molar-refractivity contribution is 0.541. The number of hydrogen-bond donors (Lipinski definition) is 1. The molecular formula is C12H17ClFN. The Morgan fingerprint density at radius 3 is 2.80 bits per heavy atom. The minimum Gasteiger partial charge on any atom is -0.317 e. The quantitative estimate of drug-likeness (QED) is 0.816. The Balaban J connectivity index is 2.41. The third-order valence-electron chi connectivity index (χ3n) is 2.58. The molecule has 1 aromatic rings. The molecule has 1 aromatic carbocycles. The van der Waals surface area contributed by atoms with Crippen LogP contribution < -0.4 is 5.32 Å². The zero-order chi connectivity index (χ0) is 11.3. The number of halogens is 2. The van der Waals surface area contributed by atoms with Crippen LogP contribution in [0.3, 0.4) is 0 Å². The summed E-state index contributed by atoms with van der Waals surface area (Å²) in [5.41, 5.74) is 1.01. The Morgan fingerprint density at radius 2 is 2.20 bits per heavy atom. The van der Waals surface area contributed by atoms with Crippen molar-refractivity contribution in [2.45, 2.75) is 32.2 Å². The molecule has 0 spiro atoms. The summed E-state index contributed by atoms with van der Waals surface area (Å²) in [6.07, 6.45) is 3.06. The van der Waals surface area contributed by atoms with E-state index in [0.29, 0.717) is 6.04 Å². The highest BCUT2D eigenvalue weighted by Gasteiger charge is 2.02. The van der Waals surface area contributed by atoms with Crippen LogP contribution in [0.1, 0.15) is 25.3 Å². The molecule has 0 fully saturated rings. The number of hydrogen-bond acceptors (Lipinski definition) is 1. The topological polar surface area (TPSA) is 12.0 Å². The van der Waals surface area contributed by atoms with Crippen molar-refractivity contribution >= 4 is 11.6 Å². The van der Waals surface area contributed by atoms with E-state index in [0.717, 1.165) is 24.8 Å². The highest BCUT2D eigenvalue weighted by atomic mass is 35.5. The molecule has 1 rings (SSSR count). The van der Waals surface area contributed by atoms with E-state index in [4.69, 9.17) is 11.6 Å². The van der Waals surface area contributed by atoms with Crippen molar-refractivity contribution in [2.75, 3.05) is 7.05 Å². The van der Waals surface area contributed by atoms with Gasteiger partial charge >= 0.3 is 0 Å². The van der Waals surface area contributed by atoms with Gasteiger partial charge in [-0.2, -0.15) is 0 Å². The average molecular weight is 230 g/mol. The van der Waals surface area contributed by atoms with Crippen LogP contribution >= 0.6 is 11.6 Å². The molecule has 0 saturated carbocycles. The smallest absolute Gasteiger partial charge is 0.142 e. The Bertz CT molecular complexity index is 314. The Hall–Kier alpha value is -0.600. The third-order valence-corrected chi connectivity index (χ3v) is 2.89. The standard InChI is InChI=1S/C12H17ClFN/c1-9(15-2)4-3-5-10-6-7-11(13)12(14)8-10/h6-9,15H,3-5H2,1-2H3. The van der Waals surface area contributed by atoms with Gasteiger partial charge in [-0.25, -0.2) is 4.39 Å². The summed E-state index contributed by atoms with van der Waals surface area (Å²) in [5.74, 6) is -0.323. The van der Waals surface area contributed by atoms with E-state index in [9.17, 15) is 4.39 Å². The lowest BCUT2D eigenvalue weighted by atomic mass is 10.1. The van der Waals surface area contributed by atoms with Crippen LogP contribution in [-0.2, 0) is 6.42 Å². The Kier molecular flexibility index (Phi) is 5.06. The average Bonchev–Trinajstić information content (AvgIpc) is 2.23. The van der Waals surface area contributed by atoms with E-state index in [1.807, 2.05) is 13.1 Å². The molecule has 0 aromatic heterocycles. The second-order valence-corrected chi connectivity index (χ2v) is 4.24. The van der Waals surface area contributed by atoms with Gasteiger partial charge in [-0.05, 0) is 50.9 Å². The van der Waals surface area contributed by atoms with E-state index >= 15 is 0 Å². The molecule has 84 valence electrons. The monoisotopic (exact) mass is 229 g/mol. The highest BCUT2D eigenvalue weighted by Crippen LogP contribution is 2.17. The van der Waals surface area contributed by atoms with Crippen molar-refractivity contribution in [1.29, 1.82) is 0 Å². The predicted octanol–water partition coefficient (Wildman–Crippen LogP) is 3.41. The summed E-state index contributed by atoms with van der Waals surface area (Å²) in [5, 5.41) is 3.37. The SMILES string of the molecule is CNC(C)CCCc1ccc(Cl)c(F)c1. The van der Waals surface area contributed by atoms with Crippen LogP contribution in [0, 0.1) is 5.82 Å². The summed E-state index contributed by atoms with van der Waals surface area (Å²) in [6, 6.07) is 5.54. The number of benzene rings is 1. The number of nitrogens with one attached hydrogen (secondary N) is 1. The van der Waals surface area contributed by atoms with Crippen molar-refractivity contribution in [3.63, 3.8) is 0 Å². The first-order valence-electron chi connectivity index (χ1n) is 5.24.